The number of ether oxygens (including phenoxy) is 1. The Morgan fingerprint density at radius 1 is 1.23 bits per heavy atom. The highest BCUT2D eigenvalue weighted by molar-refractivity contribution is 14.0. The van der Waals surface area contributed by atoms with Crippen LogP contribution >= 0.6 is 24.0 Å². The lowest BCUT2D eigenvalue weighted by atomic mass is 10.0. The molecule has 1 fully saturated rings. The SMILES string of the molecule is CCC(c1ccc(F)cc1F)N1CCN(C(=NC)NCC(=O)NCCOC)CC1.I. The zero-order valence-electron chi connectivity index (χ0n) is 17.8. The smallest absolute Gasteiger partial charge is 0.239 e. The van der Waals surface area contributed by atoms with Gasteiger partial charge >= 0.3 is 0 Å². The fraction of sp³-hybridized carbons (Fsp3) is 0.600. The molecule has 10 heteroatoms. The van der Waals surface area contributed by atoms with Crippen molar-refractivity contribution in [2.45, 2.75) is 19.4 Å². The van der Waals surface area contributed by atoms with Gasteiger partial charge in [0.1, 0.15) is 11.6 Å². The molecule has 1 saturated heterocycles. The van der Waals surface area contributed by atoms with Crippen LogP contribution in [0.4, 0.5) is 8.78 Å². The van der Waals surface area contributed by atoms with E-state index in [0.717, 1.165) is 25.6 Å². The van der Waals surface area contributed by atoms with Gasteiger partial charge < -0.3 is 20.3 Å². The maximum absolute atomic E-state index is 14.2. The molecule has 0 aliphatic carbocycles. The summed E-state index contributed by atoms with van der Waals surface area (Å²) in [4.78, 5) is 20.4. The molecule has 30 heavy (non-hydrogen) atoms. The Hall–Kier alpha value is -1.53. The number of carbonyl (C=O) groups is 1. The summed E-state index contributed by atoms with van der Waals surface area (Å²) in [5.41, 5.74) is 0.526. The van der Waals surface area contributed by atoms with Crippen molar-refractivity contribution >= 4 is 35.8 Å². The van der Waals surface area contributed by atoms with Crippen LogP contribution in [0.2, 0.25) is 0 Å². The third kappa shape index (κ3) is 7.62. The number of hydrogen-bond donors (Lipinski definition) is 2. The van der Waals surface area contributed by atoms with Gasteiger partial charge in [0.2, 0.25) is 5.91 Å². The van der Waals surface area contributed by atoms with E-state index in [2.05, 4.69) is 25.4 Å². The van der Waals surface area contributed by atoms with Gasteiger partial charge in [-0.25, -0.2) is 8.78 Å². The predicted molar refractivity (Wildman–Crippen MR) is 124 cm³/mol. The molecule has 1 unspecified atom stereocenters. The molecule has 0 saturated carbocycles. The number of hydrogen-bond acceptors (Lipinski definition) is 4. The van der Waals surface area contributed by atoms with Gasteiger partial charge in [0.05, 0.1) is 13.2 Å². The Morgan fingerprint density at radius 2 is 1.93 bits per heavy atom. The monoisotopic (exact) mass is 539 g/mol. The van der Waals surface area contributed by atoms with Crippen molar-refractivity contribution in [1.29, 1.82) is 0 Å². The number of halogens is 3. The molecule has 1 atom stereocenters. The van der Waals surface area contributed by atoms with Crippen molar-refractivity contribution in [3.05, 3.63) is 35.4 Å². The van der Waals surface area contributed by atoms with E-state index in [1.807, 2.05) is 6.92 Å². The second-order valence-corrected chi connectivity index (χ2v) is 6.86. The van der Waals surface area contributed by atoms with Crippen LogP contribution in [0.5, 0.6) is 0 Å². The molecule has 1 aromatic carbocycles. The van der Waals surface area contributed by atoms with Crippen LogP contribution in [0.25, 0.3) is 0 Å². The lowest BCUT2D eigenvalue weighted by Crippen LogP contribution is -2.54. The van der Waals surface area contributed by atoms with Crippen LogP contribution in [0.3, 0.4) is 0 Å². The second kappa shape index (κ2) is 13.7. The normalized spacial score (nSPS) is 16.0. The van der Waals surface area contributed by atoms with Crippen LogP contribution in [-0.2, 0) is 9.53 Å². The van der Waals surface area contributed by atoms with Gasteiger partial charge in [-0.3, -0.25) is 14.7 Å². The van der Waals surface area contributed by atoms with Crippen LogP contribution in [0.1, 0.15) is 24.9 Å². The first kappa shape index (κ1) is 26.5. The fourth-order valence-electron chi connectivity index (χ4n) is 3.54. The molecule has 2 N–H and O–H groups in total. The molecule has 2 rings (SSSR count). The van der Waals surface area contributed by atoms with Crippen LogP contribution in [0, 0.1) is 11.6 Å². The van der Waals surface area contributed by atoms with Gasteiger partial charge in [0, 0.05) is 64.6 Å². The van der Waals surface area contributed by atoms with E-state index in [1.165, 1.54) is 12.1 Å². The van der Waals surface area contributed by atoms with Crippen LogP contribution < -0.4 is 10.6 Å². The van der Waals surface area contributed by atoms with E-state index in [-0.39, 0.29) is 42.5 Å². The number of nitrogens with zero attached hydrogens (tertiary/aromatic N) is 3. The summed E-state index contributed by atoms with van der Waals surface area (Å²) in [6.07, 6.45) is 0.733. The Labute approximate surface area is 194 Å². The number of amides is 1. The van der Waals surface area contributed by atoms with Gasteiger partial charge in [-0.2, -0.15) is 0 Å². The average Bonchev–Trinajstić information content (AvgIpc) is 2.71. The van der Waals surface area contributed by atoms with Crippen LogP contribution in [0.15, 0.2) is 23.2 Å². The minimum Gasteiger partial charge on any atom is -0.383 e. The maximum Gasteiger partial charge on any atom is 0.239 e. The minimum atomic E-state index is -0.563. The summed E-state index contributed by atoms with van der Waals surface area (Å²) in [6.45, 7) is 5.90. The molecule has 1 aliphatic heterocycles. The number of benzene rings is 1. The number of nitrogens with one attached hydrogen (secondary N) is 2. The number of guanidine groups is 1. The molecule has 0 bridgehead atoms. The van der Waals surface area contributed by atoms with E-state index < -0.39 is 11.6 Å². The number of rotatable bonds is 8. The van der Waals surface area contributed by atoms with E-state index >= 15 is 0 Å². The lowest BCUT2D eigenvalue weighted by molar-refractivity contribution is -0.120. The first-order valence-electron chi connectivity index (χ1n) is 9.90. The van der Waals surface area contributed by atoms with E-state index in [0.29, 0.717) is 37.8 Å². The van der Waals surface area contributed by atoms with Crippen molar-refractivity contribution in [2.24, 2.45) is 4.99 Å². The molecular weight excluding hydrogens is 507 g/mol. The molecule has 1 heterocycles. The zero-order chi connectivity index (χ0) is 21.2. The first-order valence-corrected chi connectivity index (χ1v) is 9.90. The van der Waals surface area contributed by atoms with Gasteiger partial charge in [0.25, 0.3) is 0 Å². The highest BCUT2D eigenvalue weighted by Crippen LogP contribution is 2.28. The van der Waals surface area contributed by atoms with Gasteiger partial charge in [-0.05, 0) is 12.5 Å². The molecule has 170 valence electrons. The quantitative estimate of drug-likeness (QED) is 0.229. The highest BCUT2D eigenvalue weighted by atomic mass is 127. The predicted octanol–water partition coefficient (Wildman–Crippen LogP) is 1.99. The third-order valence-electron chi connectivity index (χ3n) is 5.01. The maximum atomic E-state index is 14.2. The highest BCUT2D eigenvalue weighted by Gasteiger charge is 2.27. The summed E-state index contributed by atoms with van der Waals surface area (Å²) in [7, 11) is 3.26. The molecule has 1 aromatic rings. The van der Waals surface area contributed by atoms with E-state index in [1.54, 1.807) is 14.2 Å². The first-order chi connectivity index (χ1) is 14.0. The van der Waals surface area contributed by atoms with Crippen molar-refractivity contribution in [2.75, 3.05) is 60.0 Å². The topological polar surface area (TPSA) is 69.2 Å². The average molecular weight is 539 g/mol. The van der Waals surface area contributed by atoms with Crippen molar-refractivity contribution in [3.63, 3.8) is 0 Å². The zero-order valence-corrected chi connectivity index (χ0v) is 20.1. The Balaban J connectivity index is 0.00000450. The molecule has 1 aliphatic rings. The fourth-order valence-corrected chi connectivity index (χ4v) is 3.54. The lowest BCUT2D eigenvalue weighted by Gasteiger charge is -2.40. The molecular formula is C20H32F2IN5O2. The summed E-state index contributed by atoms with van der Waals surface area (Å²) in [5, 5.41) is 5.83. The third-order valence-corrected chi connectivity index (χ3v) is 5.01. The number of carbonyl (C=O) groups excluding carboxylic acids is 1. The van der Waals surface area contributed by atoms with Crippen molar-refractivity contribution in [3.8, 4) is 0 Å². The molecule has 0 aromatic heterocycles. The molecule has 0 radical (unpaired) electrons. The number of methoxy groups -OCH3 is 1. The molecule has 7 nitrogen and oxygen atoms in total. The Bertz CT molecular complexity index is 700. The summed E-state index contributed by atoms with van der Waals surface area (Å²) in [6, 6.07) is 3.69. The largest absolute Gasteiger partial charge is 0.383 e. The van der Waals surface area contributed by atoms with Gasteiger partial charge in [-0.15, -0.1) is 24.0 Å². The Kier molecular flexibility index (Phi) is 12.1. The number of aliphatic imine (C=N–C) groups is 1. The molecule has 1 amide bonds. The van der Waals surface area contributed by atoms with Crippen molar-refractivity contribution < 1.29 is 18.3 Å². The summed E-state index contributed by atoms with van der Waals surface area (Å²) >= 11 is 0. The molecule has 0 spiro atoms. The Morgan fingerprint density at radius 3 is 2.50 bits per heavy atom. The van der Waals surface area contributed by atoms with Gasteiger partial charge in [-0.1, -0.05) is 13.0 Å². The van der Waals surface area contributed by atoms with E-state index in [9.17, 15) is 13.6 Å². The van der Waals surface area contributed by atoms with Gasteiger partial charge in [0.15, 0.2) is 5.96 Å². The van der Waals surface area contributed by atoms with E-state index in [4.69, 9.17) is 4.74 Å². The number of piperazine rings is 1. The summed E-state index contributed by atoms with van der Waals surface area (Å²) < 4.78 is 32.4. The minimum absolute atomic E-state index is 0. The standard InChI is InChI=1S/C20H31F2N5O2.HI/c1-4-18(16-6-5-15(21)13-17(16)22)26-8-10-27(11-9-26)20(23-2)25-14-19(28)24-7-12-29-3;/h5-6,13,18H,4,7-12,14H2,1-3H3,(H,23,25)(H,24,28);1H. The summed E-state index contributed by atoms with van der Waals surface area (Å²) in [5.74, 6) is -0.532. The second-order valence-electron chi connectivity index (χ2n) is 6.86. The van der Waals surface area contributed by atoms with Crippen molar-refractivity contribution in [1.82, 2.24) is 20.4 Å². The van der Waals surface area contributed by atoms with Crippen LogP contribution in [-0.4, -0.2) is 81.7 Å².